The monoisotopic (exact) mass is 354 g/mol. The summed E-state index contributed by atoms with van der Waals surface area (Å²) in [5.74, 6) is 0.943. The van der Waals surface area contributed by atoms with E-state index in [9.17, 15) is 4.79 Å². The molecule has 5 nitrogen and oxygen atoms in total. The quantitative estimate of drug-likeness (QED) is 0.705. The molecule has 1 fully saturated rings. The Kier molecular flexibility index (Phi) is 2.22. The van der Waals surface area contributed by atoms with Gasteiger partial charge in [0, 0.05) is 27.5 Å². The third-order valence-electron chi connectivity index (χ3n) is 4.80. The lowest BCUT2D eigenvalue weighted by molar-refractivity contribution is -0.118. The van der Waals surface area contributed by atoms with Crippen molar-refractivity contribution in [3.8, 4) is 0 Å². The van der Waals surface area contributed by atoms with Gasteiger partial charge in [-0.05, 0) is 40.0 Å². The van der Waals surface area contributed by atoms with Gasteiger partial charge in [-0.2, -0.15) is 5.10 Å². The van der Waals surface area contributed by atoms with Crippen LogP contribution in [0, 0.1) is 0 Å². The van der Waals surface area contributed by atoms with Crippen LogP contribution >= 0.6 is 15.9 Å². The minimum atomic E-state index is -0.459. The minimum absolute atomic E-state index is 0.0582. The zero-order valence-corrected chi connectivity index (χ0v) is 13.0. The number of anilines is 1. The highest BCUT2D eigenvalue weighted by molar-refractivity contribution is 9.10. The Morgan fingerprint density at radius 3 is 3.09 bits per heavy atom. The van der Waals surface area contributed by atoms with Gasteiger partial charge in [0.25, 0.3) is 0 Å². The lowest BCUT2D eigenvalue weighted by Crippen LogP contribution is -2.21. The molecule has 1 aliphatic heterocycles. The lowest BCUT2D eigenvalue weighted by atomic mass is 9.93. The fourth-order valence-electron chi connectivity index (χ4n) is 3.61. The SMILES string of the molecule is O=C1Nc2ncc(Br)cc2C12CC2c1ccc2cn[nH]c2c1. The molecule has 1 aliphatic carbocycles. The molecule has 2 atom stereocenters. The number of nitrogens with one attached hydrogen (secondary N) is 2. The summed E-state index contributed by atoms with van der Waals surface area (Å²) in [6.07, 6.45) is 4.34. The van der Waals surface area contributed by atoms with E-state index in [-0.39, 0.29) is 11.8 Å². The number of carbonyl (C=O) groups excluding carboxylic acids is 1. The van der Waals surface area contributed by atoms with Gasteiger partial charge in [0.1, 0.15) is 5.82 Å². The van der Waals surface area contributed by atoms with E-state index in [0.29, 0.717) is 5.82 Å². The zero-order chi connectivity index (χ0) is 14.9. The third-order valence-corrected chi connectivity index (χ3v) is 5.23. The summed E-state index contributed by atoms with van der Waals surface area (Å²) in [5, 5.41) is 11.0. The Hall–Kier alpha value is -2.21. The van der Waals surface area contributed by atoms with E-state index in [0.717, 1.165) is 27.4 Å². The van der Waals surface area contributed by atoms with Gasteiger partial charge in [-0.15, -0.1) is 0 Å². The van der Waals surface area contributed by atoms with Gasteiger partial charge < -0.3 is 5.32 Å². The number of halogens is 1. The first kappa shape index (κ1) is 12.3. The number of benzene rings is 1. The van der Waals surface area contributed by atoms with Crippen molar-refractivity contribution in [2.24, 2.45) is 0 Å². The number of hydrogen-bond acceptors (Lipinski definition) is 3. The molecular weight excluding hydrogens is 344 g/mol. The third kappa shape index (κ3) is 1.45. The Labute approximate surface area is 134 Å². The number of nitrogens with zero attached hydrogens (tertiary/aromatic N) is 2. The van der Waals surface area contributed by atoms with Crippen molar-refractivity contribution in [3.63, 3.8) is 0 Å². The summed E-state index contributed by atoms with van der Waals surface area (Å²) in [6.45, 7) is 0. The normalized spacial score (nSPS) is 25.5. The molecule has 1 saturated carbocycles. The first-order valence-electron chi connectivity index (χ1n) is 7.09. The molecule has 22 heavy (non-hydrogen) atoms. The van der Waals surface area contributed by atoms with Crippen molar-refractivity contribution >= 4 is 38.6 Å². The molecule has 2 N–H and O–H groups in total. The molecule has 0 bridgehead atoms. The van der Waals surface area contributed by atoms with Crippen LogP contribution in [0.25, 0.3) is 10.9 Å². The number of fused-ring (bicyclic) bond motifs is 3. The van der Waals surface area contributed by atoms with Crippen molar-refractivity contribution < 1.29 is 4.79 Å². The fourth-order valence-corrected chi connectivity index (χ4v) is 3.94. The van der Waals surface area contributed by atoms with Gasteiger partial charge in [-0.3, -0.25) is 9.89 Å². The second-order valence-corrected chi connectivity index (χ2v) is 6.86. The average Bonchev–Trinajstić information content (AvgIpc) is 2.99. The first-order valence-corrected chi connectivity index (χ1v) is 7.88. The highest BCUT2D eigenvalue weighted by atomic mass is 79.9. The summed E-state index contributed by atoms with van der Waals surface area (Å²) in [7, 11) is 0. The van der Waals surface area contributed by atoms with Crippen LogP contribution in [0.4, 0.5) is 5.82 Å². The number of pyridine rings is 1. The zero-order valence-electron chi connectivity index (χ0n) is 11.4. The Bertz CT molecular complexity index is 950. The molecule has 2 aliphatic rings. The van der Waals surface area contributed by atoms with Crippen LogP contribution < -0.4 is 5.32 Å². The van der Waals surface area contributed by atoms with Gasteiger partial charge in [0.2, 0.25) is 5.91 Å². The van der Waals surface area contributed by atoms with E-state index in [2.05, 4.69) is 48.6 Å². The maximum Gasteiger partial charge on any atom is 0.236 e. The first-order chi connectivity index (χ1) is 10.7. The van der Waals surface area contributed by atoms with Crippen LogP contribution in [0.2, 0.25) is 0 Å². The van der Waals surface area contributed by atoms with Gasteiger partial charge in [-0.1, -0.05) is 12.1 Å². The minimum Gasteiger partial charge on any atom is -0.310 e. The number of rotatable bonds is 1. The summed E-state index contributed by atoms with van der Waals surface area (Å²) < 4.78 is 0.900. The smallest absolute Gasteiger partial charge is 0.236 e. The Morgan fingerprint density at radius 2 is 2.18 bits per heavy atom. The van der Waals surface area contributed by atoms with Crippen molar-refractivity contribution in [2.75, 3.05) is 5.32 Å². The summed E-state index contributed by atoms with van der Waals surface area (Å²) in [4.78, 5) is 16.9. The van der Waals surface area contributed by atoms with Gasteiger partial charge in [0.15, 0.2) is 0 Å². The van der Waals surface area contributed by atoms with Crippen molar-refractivity contribution in [2.45, 2.75) is 17.8 Å². The van der Waals surface area contributed by atoms with Crippen LogP contribution in [0.5, 0.6) is 0 Å². The van der Waals surface area contributed by atoms with E-state index in [4.69, 9.17) is 0 Å². The largest absolute Gasteiger partial charge is 0.310 e. The van der Waals surface area contributed by atoms with Gasteiger partial charge in [-0.25, -0.2) is 4.98 Å². The summed E-state index contributed by atoms with van der Waals surface area (Å²) >= 11 is 3.45. The number of H-pyrrole nitrogens is 1. The standard InChI is InChI=1S/C16H11BrN4O/c17-10-4-11-14(18-7-10)20-15(22)16(11)5-12(16)8-1-2-9-6-19-21-13(9)3-8/h1-4,6-7,12H,5H2,(H,19,21)(H,18,20,22). The Morgan fingerprint density at radius 1 is 1.27 bits per heavy atom. The second-order valence-electron chi connectivity index (χ2n) is 5.95. The summed E-state index contributed by atoms with van der Waals surface area (Å²) in [6, 6.07) is 8.24. The number of aromatic amines is 1. The predicted molar refractivity (Wildman–Crippen MR) is 85.7 cm³/mol. The molecular formula is C16H11BrN4O. The van der Waals surface area contributed by atoms with Crippen LogP contribution in [0.15, 0.2) is 41.1 Å². The molecule has 3 aromatic rings. The van der Waals surface area contributed by atoms with E-state index >= 15 is 0 Å². The molecule has 1 amide bonds. The molecule has 3 heterocycles. The Balaban J connectivity index is 1.63. The predicted octanol–water partition coefficient (Wildman–Crippen LogP) is 3.10. The molecule has 2 unspecified atom stereocenters. The fraction of sp³-hybridized carbons (Fsp3) is 0.188. The van der Waals surface area contributed by atoms with E-state index < -0.39 is 5.41 Å². The number of aromatic nitrogens is 3. The molecule has 0 saturated heterocycles. The number of amides is 1. The maximum absolute atomic E-state index is 12.5. The molecule has 108 valence electrons. The van der Waals surface area contributed by atoms with Crippen molar-refractivity contribution in [1.29, 1.82) is 0 Å². The van der Waals surface area contributed by atoms with Gasteiger partial charge in [0.05, 0.1) is 17.1 Å². The van der Waals surface area contributed by atoms with Crippen molar-refractivity contribution in [3.05, 3.63) is 52.3 Å². The second kappa shape index (κ2) is 3.95. The number of carbonyl (C=O) groups is 1. The average molecular weight is 355 g/mol. The molecule has 1 spiro atoms. The molecule has 1 aromatic carbocycles. The van der Waals surface area contributed by atoms with Crippen LogP contribution in [-0.2, 0) is 10.2 Å². The highest BCUT2D eigenvalue weighted by Crippen LogP contribution is 2.64. The molecule has 0 radical (unpaired) electrons. The molecule has 2 aromatic heterocycles. The van der Waals surface area contributed by atoms with E-state index in [1.807, 2.05) is 12.1 Å². The van der Waals surface area contributed by atoms with Crippen molar-refractivity contribution in [1.82, 2.24) is 15.2 Å². The van der Waals surface area contributed by atoms with Crippen LogP contribution in [0.3, 0.4) is 0 Å². The maximum atomic E-state index is 12.5. The molecule has 5 rings (SSSR count). The lowest BCUT2D eigenvalue weighted by Gasteiger charge is -2.08. The molecule has 6 heteroatoms. The highest BCUT2D eigenvalue weighted by Gasteiger charge is 2.65. The summed E-state index contributed by atoms with van der Waals surface area (Å²) in [5.41, 5.74) is 2.71. The van der Waals surface area contributed by atoms with Crippen LogP contribution in [0.1, 0.15) is 23.5 Å². The number of hydrogen-bond donors (Lipinski definition) is 2. The van der Waals surface area contributed by atoms with E-state index in [1.54, 1.807) is 12.4 Å². The van der Waals surface area contributed by atoms with Crippen LogP contribution in [-0.4, -0.2) is 21.1 Å². The topological polar surface area (TPSA) is 70.7 Å². The van der Waals surface area contributed by atoms with Gasteiger partial charge >= 0.3 is 0 Å². The van der Waals surface area contributed by atoms with E-state index in [1.165, 1.54) is 5.56 Å².